The highest BCUT2D eigenvalue weighted by molar-refractivity contribution is 5.99. The monoisotopic (exact) mass is 874 g/mol. The molecule has 342 valence electrons. The maximum atomic E-state index is 14.5. The van der Waals surface area contributed by atoms with Crippen LogP contribution in [-0.4, -0.2) is 135 Å². The van der Waals surface area contributed by atoms with Crippen molar-refractivity contribution < 1.29 is 47.8 Å². The van der Waals surface area contributed by atoms with E-state index >= 15 is 0 Å². The van der Waals surface area contributed by atoms with E-state index in [1.165, 1.54) is 21.6 Å². The molecule has 0 saturated carbocycles. The molecule has 6 rings (SSSR count). The SMILES string of the molecule is CC[C@H](C)[C@@H]1NC(=O)[C@H]([C@@H](C)O)NC(=O)[C@@H]2CCCN2C(=O)[C@H](Cc2ccc(OCC=C(C)C)cc2)NC(=O)c2coc(n2)[C@H](C)NC(=O)[C@@H]2CCCN2C(=O)[C@@H]2CCCN2C1=O. The third kappa shape index (κ3) is 10.9. The van der Waals surface area contributed by atoms with Crippen LogP contribution in [0.15, 0.2) is 46.6 Å². The number of aliphatic hydroxyl groups is 1. The number of carbonyl (C=O) groups is 7. The Labute approximate surface area is 367 Å². The normalized spacial score (nSPS) is 27.6. The van der Waals surface area contributed by atoms with Gasteiger partial charge in [-0.25, -0.2) is 4.98 Å². The standard InChI is InChI=1S/C45H62N8O10/c1-7-26(4)36-45(61)53-21-10-13-35(53)44(60)52-20-9-11-33(52)39(56)46-27(5)42-48-32(24-63-42)38(55)47-31(23-29-14-16-30(17-15-29)62-22-18-25(2)3)43(59)51-19-8-12-34(51)40(57)50-37(28(6)54)41(58)49-36/h14-18,24,26-28,31,33-37,54H,7-13,19-23H2,1-6H3,(H,46,56)(H,47,55)(H,49,58)(H,50,57)/t26-,27-,28+,31-,33-,34-,35-,36-,37-/m0/s1. The van der Waals surface area contributed by atoms with Crippen molar-refractivity contribution in [3.8, 4) is 5.75 Å². The molecule has 3 fully saturated rings. The molecule has 4 aliphatic heterocycles. The number of rotatable bonds is 8. The van der Waals surface area contributed by atoms with E-state index in [1.807, 2.05) is 26.8 Å². The Morgan fingerprint density at radius 1 is 0.794 bits per heavy atom. The number of hydrogen-bond acceptors (Lipinski definition) is 11. The molecular weight excluding hydrogens is 813 g/mol. The van der Waals surface area contributed by atoms with Crippen LogP contribution >= 0.6 is 0 Å². The van der Waals surface area contributed by atoms with Crippen molar-refractivity contribution in [3.05, 3.63) is 59.3 Å². The van der Waals surface area contributed by atoms with Gasteiger partial charge in [0.2, 0.25) is 41.3 Å². The first-order valence-corrected chi connectivity index (χ1v) is 22.2. The Kier molecular flexibility index (Phi) is 15.3. The van der Waals surface area contributed by atoms with Crippen molar-refractivity contribution in [2.75, 3.05) is 26.2 Å². The van der Waals surface area contributed by atoms with Crippen LogP contribution in [0.1, 0.15) is 114 Å². The maximum Gasteiger partial charge on any atom is 0.273 e. The minimum absolute atomic E-state index is 0.0268. The van der Waals surface area contributed by atoms with Gasteiger partial charge in [0.15, 0.2) is 5.69 Å². The highest BCUT2D eigenvalue weighted by atomic mass is 16.5. The zero-order valence-corrected chi connectivity index (χ0v) is 37.1. The highest BCUT2D eigenvalue weighted by Gasteiger charge is 2.46. The average Bonchev–Trinajstić information content (AvgIpc) is 4.10. The van der Waals surface area contributed by atoms with Crippen LogP contribution in [0.3, 0.4) is 0 Å². The Morgan fingerprint density at radius 2 is 1.37 bits per heavy atom. The van der Waals surface area contributed by atoms with Gasteiger partial charge in [-0.15, -0.1) is 0 Å². The van der Waals surface area contributed by atoms with Gasteiger partial charge in [-0.1, -0.05) is 38.0 Å². The predicted octanol–water partition coefficient (Wildman–Crippen LogP) is 1.92. The molecule has 7 amide bonds. The van der Waals surface area contributed by atoms with Gasteiger partial charge in [0.1, 0.15) is 60.9 Å². The minimum atomic E-state index is -1.50. The van der Waals surface area contributed by atoms with Crippen LogP contribution in [0.4, 0.5) is 0 Å². The zero-order valence-electron chi connectivity index (χ0n) is 37.1. The number of carbonyl (C=O) groups excluding carboxylic acids is 7. The van der Waals surface area contributed by atoms with Gasteiger partial charge in [0.05, 0.1) is 6.10 Å². The van der Waals surface area contributed by atoms with Crippen LogP contribution < -0.4 is 26.0 Å². The molecule has 18 heteroatoms. The number of allylic oxidation sites excluding steroid dienone is 1. The molecule has 1 aromatic heterocycles. The predicted molar refractivity (Wildman–Crippen MR) is 229 cm³/mol. The van der Waals surface area contributed by atoms with Crippen molar-refractivity contribution in [1.29, 1.82) is 0 Å². The summed E-state index contributed by atoms with van der Waals surface area (Å²) in [6.07, 6.45) is 4.74. The number of oxazole rings is 1. The number of aliphatic hydroxyl groups excluding tert-OH is 1. The summed E-state index contributed by atoms with van der Waals surface area (Å²) in [4.78, 5) is 108. The fourth-order valence-corrected chi connectivity index (χ4v) is 8.70. The van der Waals surface area contributed by atoms with E-state index in [1.54, 1.807) is 38.1 Å². The van der Waals surface area contributed by atoms with E-state index in [-0.39, 0.29) is 43.4 Å². The fraction of sp³-hybridized carbons (Fsp3) is 0.600. The number of nitrogens with zero attached hydrogens (tertiary/aromatic N) is 4. The van der Waals surface area contributed by atoms with E-state index in [9.17, 15) is 38.7 Å². The highest BCUT2D eigenvalue weighted by Crippen LogP contribution is 2.28. The summed E-state index contributed by atoms with van der Waals surface area (Å²) >= 11 is 0. The van der Waals surface area contributed by atoms with Gasteiger partial charge in [0, 0.05) is 26.1 Å². The number of ether oxygens (including phenoxy) is 1. The first-order chi connectivity index (χ1) is 30.1. The summed E-state index contributed by atoms with van der Waals surface area (Å²) in [6, 6.07) is -0.271. The summed E-state index contributed by atoms with van der Waals surface area (Å²) in [5.41, 5.74) is 1.64. The molecule has 18 nitrogen and oxygen atoms in total. The molecule has 9 atom stereocenters. The Bertz CT molecular complexity index is 2050. The number of benzene rings is 1. The first kappa shape index (κ1) is 46.7. The van der Waals surface area contributed by atoms with Crippen molar-refractivity contribution in [1.82, 2.24) is 41.0 Å². The summed E-state index contributed by atoms with van der Waals surface area (Å²) < 4.78 is 11.5. The summed E-state index contributed by atoms with van der Waals surface area (Å²) in [6.45, 7) is 11.7. The lowest BCUT2D eigenvalue weighted by atomic mass is 9.96. The number of aromatic nitrogens is 1. The van der Waals surface area contributed by atoms with Crippen LogP contribution in [0.2, 0.25) is 0 Å². The van der Waals surface area contributed by atoms with Gasteiger partial charge in [-0.05, 0) is 95.9 Å². The second kappa shape index (κ2) is 20.6. The number of amides is 7. The van der Waals surface area contributed by atoms with Gasteiger partial charge in [0.25, 0.3) is 5.91 Å². The van der Waals surface area contributed by atoms with Gasteiger partial charge < -0.3 is 50.2 Å². The lowest BCUT2D eigenvalue weighted by Crippen LogP contribution is -2.62. The first-order valence-electron chi connectivity index (χ1n) is 22.2. The smallest absolute Gasteiger partial charge is 0.273 e. The Morgan fingerprint density at radius 3 is 1.97 bits per heavy atom. The molecule has 2 aromatic rings. The molecular formula is C45H62N8O10. The fourth-order valence-electron chi connectivity index (χ4n) is 8.70. The topological polar surface area (TPSA) is 233 Å². The van der Waals surface area contributed by atoms with E-state index in [0.29, 0.717) is 63.0 Å². The zero-order chi connectivity index (χ0) is 45.5. The van der Waals surface area contributed by atoms with Crippen molar-refractivity contribution >= 4 is 41.4 Å². The second-order valence-electron chi connectivity index (χ2n) is 17.4. The van der Waals surface area contributed by atoms with E-state index in [0.717, 1.165) is 11.8 Å². The third-order valence-corrected chi connectivity index (χ3v) is 12.5. The quantitative estimate of drug-likeness (QED) is 0.241. The largest absolute Gasteiger partial charge is 0.490 e. The minimum Gasteiger partial charge on any atom is -0.490 e. The molecule has 0 unspecified atom stereocenters. The molecule has 0 radical (unpaired) electrons. The second-order valence-corrected chi connectivity index (χ2v) is 17.4. The van der Waals surface area contributed by atoms with Crippen LogP contribution in [-0.2, 0) is 35.2 Å². The molecule has 3 saturated heterocycles. The number of fused-ring (bicyclic) bond motifs is 5. The summed E-state index contributed by atoms with van der Waals surface area (Å²) in [7, 11) is 0. The van der Waals surface area contributed by atoms with Gasteiger partial charge in [-0.3, -0.25) is 33.6 Å². The molecule has 4 aliphatic rings. The van der Waals surface area contributed by atoms with Crippen LogP contribution in [0, 0.1) is 5.92 Å². The molecule has 5 heterocycles. The molecule has 63 heavy (non-hydrogen) atoms. The Balaban J connectivity index is 1.33. The molecule has 0 spiro atoms. The maximum absolute atomic E-state index is 14.5. The third-order valence-electron chi connectivity index (χ3n) is 12.5. The van der Waals surface area contributed by atoms with E-state index in [2.05, 4.69) is 26.3 Å². The van der Waals surface area contributed by atoms with Crippen molar-refractivity contribution in [2.24, 2.45) is 5.92 Å². The summed E-state index contributed by atoms with van der Waals surface area (Å²) in [5.74, 6) is -3.83. The van der Waals surface area contributed by atoms with Gasteiger partial charge >= 0.3 is 0 Å². The van der Waals surface area contributed by atoms with Crippen LogP contribution in [0.5, 0.6) is 5.75 Å². The molecule has 2 bridgehead atoms. The van der Waals surface area contributed by atoms with Crippen molar-refractivity contribution in [3.63, 3.8) is 0 Å². The van der Waals surface area contributed by atoms with Gasteiger partial charge in [-0.2, -0.15) is 0 Å². The molecule has 5 N–H and O–H groups in total. The number of nitrogens with one attached hydrogen (secondary N) is 4. The Hall–Kier alpha value is -5.78. The molecule has 1 aromatic carbocycles. The lowest BCUT2D eigenvalue weighted by Gasteiger charge is -2.35. The number of hydrogen-bond donors (Lipinski definition) is 5. The lowest BCUT2D eigenvalue weighted by molar-refractivity contribution is -0.149. The molecule has 0 aliphatic carbocycles. The van der Waals surface area contributed by atoms with E-state index < -0.39 is 89.8 Å². The van der Waals surface area contributed by atoms with E-state index in [4.69, 9.17) is 9.15 Å². The summed E-state index contributed by atoms with van der Waals surface area (Å²) in [5, 5.41) is 22.0. The van der Waals surface area contributed by atoms with Crippen LogP contribution in [0.25, 0.3) is 0 Å². The average molecular weight is 875 g/mol. The van der Waals surface area contributed by atoms with Crippen molar-refractivity contribution in [2.45, 2.75) is 141 Å².